The third kappa shape index (κ3) is 4.66. The summed E-state index contributed by atoms with van der Waals surface area (Å²) in [6.45, 7) is 6.06. The van der Waals surface area contributed by atoms with Gasteiger partial charge >= 0.3 is 6.09 Å². The van der Waals surface area contributed by atoms with Gasteiger partial charge in [-0.05, 0) is 39.2 Å². The molecule has 2 N–H and O–H groups in total. The van der Waals surface area contributed by atoms with Crippen LogP contribution in [0.3, 0.4) is 0 Å². The number of halogens is 1. The van der Waals surface area contributed by atoms with Gasteiger partial charge in [0.2, 0.25) is 0 Å². The van der Waals surface area contributed by atoms with E-state index in [0.717, 1.165) is 5.56 Å². The van der Waals surface area contributed by atoms with Gasteiger partial charge in [-0.25, -0.2) is 13.9 Å². The van der Waals surface area contributed by atoms with Crippen molar-refractivity contribution in [3.8, 4) is 0 Å². The van der Waals surface area contributed by atoms with Crippen LogP contribution in [0.5, 0.6) is 0 Å². The number of anilines is 1. The first-order valence-corrected chi connectivity index (χ1v) is 9.14. The molecule has 0 spiro atoms. The van der Waals surface area contributed by atoms with Crippen molar-refractivity contribution in [3.05, 3.63) is 47.7 Å². The fourth-order valence-electron chi connectivity index (χ4n) is 3.27. The molecular formula is C20H26FN3O3. The van der Waals surface area contributed by atoms with Crippen molar-refractivity contribution >= 4 is 11.9 Å². The van der Waals surface area contributed by atoms with Crippen molar-refractivity contribution in [3.63, 3.8) is 0 Å². The van der Waals surface area contributed by atoms with Crippen LogP contribution in [0.25, 0.3) is 0 Å². The first-order chi connectivity index (χ1) is 12.7. The van der Waals surface area contributed by atoms with Gasteiger partial charge in [-0.2, -0.15) is 5.10 Å². The molecule has 0 radical (unpaired) electrons. The normalized spacial score (nSPS) is 22.6. The summed E-state index contributed by atoms with van der Waals surface area (Å²) in [5, 5.41) is 17.0. The molecule has 0 aliphatic heterocycles. The molecule has 6 nitrogen and oxygen atoms in total. The summed E-state index contributed by atoms with van der Waals surface area (Å²) in [7, 11) is 0. The van der Waals surface area contributed by atoms with Gasteiger partial charge in [0.05, 0.1) is 17.3 Å². The molecule has 1 aliphatic rings. The number of rotatable bonds is 4. The molecule has 146 valence electrons. The summed E-state index contributed by atoms with van der Waals surface area (Å²) in [5.41, 5.74) is 1.18. The Hall–Kier alpha value is -2.41. The summed E-state index contributed by atoms with van der Waals surface area (Å²) in [5.74, 6) is 0.326. The predicted octanol–water partition coefficient (Wildman–Crippen LogP) is 3.96. The summed E-state index contributed by atoms with van der Waals surface area (Å²) in [4.78, 5) is 12.2. The quantitative estimate of drug-likeness (QED) is 0.848. The zero-order valence-electron chi connectivity index (χ0n) is 15.9. The number of carbonyl (C=O) groups is 1. The number of hydrogen-bond acceptors (Lipinski definition) is 4. The Kier molecular flexibility index (Phi) is 5.51. The number of amides is 1. The highest BCUT2D eigenvalue weighted by Crippen LogP contribution is 2.37. The van der Waals surface area contributed by atoms with Crippen molar-refractivity contribution < 1.29 is 19.0 Å². The largest absolute Gasteiger partial charge is 0.444 e. The van der Waals surface area contributed by atoms with Crippen LogP contribution in [0.15, 0.2) is 36.4 Å². The van der Waals surface area contributed by atoms with Gasteiger partial charge in [-0.1, -0.05) is 30.3 Å². The molecule has 3 atom stereocenters. The fraction of sp³-hybridized carbons (Fsp3) is 0.500. The molecule has 3 rings (SSSR count). The highest BCUT2D eigenvalue weighted by atomic mass is 19.1. The van der Waals surface area contributed by atoms with Crippen LogP contribution < -0.4 is 5.32 Å². The number of nitrogens with one attached hydrogen (secondary N) is 1. The molecule has 1 amide bonds. The van der Waals surface area contributed by atoms with Crippen LogP contribution in [-0.2, 0) is 16.9 Å². The van der Waals surface area contributed by atoms with E-state index in [4.69, 9.17) is 4.74 Å². The minimum Gasteiger partial charge on any atom is -0.444 e. The lowest BCUT2D eigenvalue weighted by molar-refractivity contribution is 0.103. The maximum atomic E-state index is 13.7. The van der Waals surface area contributed by atoms with E-state index in [-0.39, 0.29) is 24.5 Å². The second-order valence-electron chi connectivity index (χ2n) is 7.98. The van der Waals surface area contributed by atoms with E-state index in [1.807, 2.05) is 51.1 Å². The number of hydrogen-bond donors (Lipinski definition) is 2. The Morgan fingerprint density at radius 1 is 1.33 bits per heavy atom. The lowest BCUT2D eigenvalue weighted by atomic mass is 10.0. The second kappa shape index (κ2) is 7.68. The number of carbonyl (C=O) groups excluding carboxylic acids is 1. The summed E-state index contributed by atoms with van der Waals surface area (Å²) < 4.78 is 20.7. The van der Waals surface area contributed by atoms with Gasteiger partial charge in [0.15, 0.2) is 0 Å². The minimum atomic E-state index is -1.23. The molecule has 0 unspecified atom stereocenters. The monoisotopic (exact) mass is 375 g/mol. The van der Waals surface area contributed by atoms with E-state index in [2.05, 4.69) is 10.4 Å². The number of ether oxygens (including phenoxy) is 1. The predicted molar refractivity (Wildman–Crippen MR) is 100 cm³/mol. The molecule has 1 aromatic heterocycles. The molecule has 7 heteroatoms. The molecule has 1 aromatic carbocycles. The molecule has 27 heavy (non-hydrogen) atoms. The zero-order valence-corrected chi connectivity index (χ0v) is 15.9. The third-order valence-corrected chi connectivity index (χ3v) is 4.68. The molecule has 1 aliphatic carbocycles. The smallest absolute Gasteiger partial charge is 0.413 e. The Bertz CT molecular complexity index is 776. The average molecular weight is 375 g/mol. The Morgan fingerprint density at radius 2 is 2.04 bits per heavy atom. The first-order valence-electron chi connectivity index (χ1n) is 9.14. The van der Waals surface area contributed by atoms with Crippen molar-refractivity contribution in [2.75, 3.05) is 5.32 Å². The van der Waals surface area contributed by atoms with Gasteiger partial charge in [-0.3, -0.25) is 5.32 Å². The van der Waals surface area contributed by atoms with Crippen molar-refractivity contribution in [2.24, 2.45) is 0 Å². The topological polar surface area (TPSA) is 76.4 Å². The van der Waals surface area contributed by atoms with E-state index in [1.54, 1.807) is 10.7 Å². The first kappa shape index (κ1) is 19.4. The SMILES string of the molecule is CC(C)(C)n1nc([C@@H]2C[C@@H](O)[C@H](F)C2)cc1NC(=O)OCc1ccccc1. The molecule has 0 saturated heterocycles. The van der Waals surface area contributed by atoms with Crippen LogP contribution in [0.4, 0.5) is 15.0 Å². The lowest BCUT2D eigenvalue weighted by Crippen LogP contribution is -2.27. The standard InChI is InChI=1S/C20H26FN3O3/c1-20(2,3)24-18(11-16(23-24)14-9-15(21)17(25)10-14)22-19(26)27-12-13-7-5-4-6-8-13/h4-8,11,14-15,17,25H,9-10,12H2,1-3H3,(H,22,26)/t14-,15+,17+/m0/s1. The number of alkyl halides is 1. The molecule has 2 aromatic rings. The van der Waals surface area contributed by atoms with Crippen LogP contribution in [-0.4, -0.2) is 33.3 Å². The van der Waals surface area contributed by atoms with Gasteiger partial charge in [0.25, 0.3) is 0 Å². The van der Waals surface area contributed by atoms with Gasteiger partial charge in [-0.15, -0.1) is 0 Å². The summed E-state index contributed by atoms with van der Waals surface area (Å²) in [6, 6.07) is 11.2. The van der Waals surface area contributed by atoms with Crippen LogP contribution in [0.1, 0.15) is 50.8 Å². The molecular weight excluding hydrogens is 349 g/mol. The van der Waals surface area contributed by atoms with Crippen LogP contribution in [0.2, 0.25) is 0 Å². The number of benzene rings is 1. The maximum Gasteiger partial charge on any atom is 0.413 e. The Labute approximate surface area is 158 Å². The third-order valence-electron chi connectivity index (χ3n) is 4.68. The fourth-order valence-corrected chi connectivity index (χ4v) is 3.27. The van der Waals surface area contributed by atoms with Crippen molar-refractivity contribution in [1.82, 2.24) is 9.78 Å². The van der Waals surface area contributed by atoms with Crippen LogP contribution >= 0.6 is 0 Å². The summed E-state index contributed by atoms with van der Waals surface area (Å²) >= 11 is 0. The van der Waals surface area contributed by atoms with Gasteiger partial charge < -0.3 is 9.84 Å². The molecule has 0 bridgehead atoms. The molecule has 1 saturated carbocycles. The van der Waals surface area contributed by atoms with Gasteiger partial charge in [0.1, 0.15) is 18.6 Å². The number of nitrogens with zero attached hydrogens (tertiary/aromatic N) is 2. The molecule has 1 fully saturated rings. The van der Waals surface area contributed by atoms with E-state index >= 15 is 0 Å². The summed E-state index contributed by atoms with van der Waals surface area (Å²) in [6.07, 6.45) is -2.20. The maximum absolute atomic E-state index is 13.7. The highest BCUT2D eigenvalue weighted by molar-refractivity contribution is 5.83. The Morgan fingerprint density at radius 3 is 2.63 bits per heavy atom. The van der Waals surface area contributed by atoms with E-state index in [0.29, 0.717) is 17.9 Å². The number of aliphatic hydroxyl groups excluding tert-OH is 1. The van der Waals surface area contributed by atoms with E-state index in [1.165, 1.54) is 0 Å². The average Bonchev–Trinajstić information content (AvgIpc) is 3.18. The van der Waals surface area contributed by atoms with Crippen molar-refractivity contribution in [2.45, 2.75) is 64.0 Å². The molecule has 1 heterocycles. The zero-order chi connectivity index (χ0) is 19.6. The highest BCUT2D eigenvalue weighted by Gasteiger charge is 2.36. The van der Waals surface area contributed by atoms with Crippen molar-refractivity contribution in [1.29, 1.82) is 0 Å². The van der Waals surface area contributed by atoms with Gasteiger partial charge in [0, 0.05) is 12.0 Å². The second-order valence-corrected chi connectivity index (χ2v) is 7.98. The minimum absolute atomic E-state index is 0.167. The van der Waals surface area contributed by atoms with E-state index in [9.17, 15) is 14.3 Å². The van der Waals surface area contributed by atoms with E-state index < -0.39 is 18.4 Å². The van der Waals surface area contributed by atoms with Crippen LogP contribution in [0, 0.1) is 0 Å². The number of aliphatic hydroxyl groups is 1. The lowest BCUT2D eigenvalue weighted by Gasteiger charge is -2.22. The number of aromatic nitrogens is 2. The Balaban J connectivity index is 1.72.